The Kier molecular flexibility index (Phi) is 7.70. The van der Waals surface area contributed by atoms with Gasteiger partial charge in [0.2, 0.25) is 0 Å². The van der Waals surface area contributed by atoms with Crippen molar-refractivity contribution in [2.24, 2.45) is 5.92 Å². The Morgan fingerprint density at radius 3 is 2.73 bits per heavy atom. The zero-order valence-electron chi connectivity index (χ0n) is 16.3. The van der Waals surface area contributed by atoms with Crippen molar-refractivity contribution in [2.75, 3.05) is 6.54 Å². The minimum atomic E-state index is -0.489. The largest absolute Gasteiger partial charge is 0.444 e. The third-order valence-electron chi connectivity index (χ3n) is 4.65. The molecule has 1 aliphatic rings. The van der Waals surface area contributed by atoms with Crippen LogP contribution in [-0.2, 0) is 4.74 Å². The molecule has 0 saturated heterocycles. The zero-order valence-corrected chi connectivity index (χ0v) is 16.3. The number of nitrogens with one attached hydrogen (secondary N) is 1. The minimum Gasteiger partial charge on any atom is -0.444 e. The standard InChI is InChI=1S/C22H33NO3/c1-22(2,3)26-21(25)23-14-8-12-17-11-7-13-19(15-17)20(24)16-18-9-5-4-6-10-18/h7-8,11-13,15,18,20,24H,4-6,9-10,14,16H2,1-3H3,(H,23,25). The molecule has 1 aromatic carbocycles. The van der Waals surface area contributed by atoms with Crippen LogP contribution in [-0.4, -0.2) is 23.3 Å². The molecule has 2 N–H and O–H groups in total. The summed E-state index contributed by atoms with van der Waals surface area (Å²) in [6.45, 7) is 5.93. The molecule has 4 heteroatoms. The Labute approximate surface area is 157 Å². The van der Waals surface area contributed by atoms with Gasteiger partial charge in [-0.15, -0.1) is 0 Å². The molecule has 1 fully saturated rings. The van der Waals surface area contributed by atoms with Crippen molar-refractivity contribution in [1.82, 2.24) is 5.32 Å². The Morgan fingerprint density at radius 1 is 1.31 bits per heavy atom. The van der Waals surface area contributed by atoms with Gasteiger partial charge >= 0.3 is 6.09 Å². The molecule has 4 nitrogen and oxygen atoms in total. The Balaban J connectivity index is 1.83. The van der Waals surface area contributed by atoms with Crippen molar-refractivity contribution in [1.29, 1.82) is 0 Å². The molecule has 1 atom stereocenters. The lowest BCUT2D eigenvalue weighted by Crippen LogP contribution is -2.32. The number of rotatable bonds is 6. The SMILES string of the molecule is CC(C)(C)OC(=O)NCC=Cc1cccc(C(O)CC2CCCCC2)c1. The Bertz CT molecular complexity index is 598. The second-order valence-corrected chi connectivity index (χ2v) is 8.21. The zero-order chi connectivity index (χ0) is 19.0. The van der Waals surface area contributed by atoms with Crippen molar-refractivity contribution in [3.8, 4) is 0 Å². The van der Waals surface area contributed by atoms with Crippen LogP contribution in [0.3, 0.4) is 0 Å². The molecule has 1 saturated carbocycles. The van der Waals surface area contributed by atoms with Gasteiger partial charge in [-0.05, 0) is 50.3 Å². The Hall–Kier alpha value is -1.81. The summed E-state index contributed by atoms with van der Waals surface area (Å²) in [6, 6.07) is 7.99. The van der Waals surface area contributed by atoms with Crippen LogP contribution in [0.25, 0.3) is 6.08 Å². The number of hydrogen-bond acceptors (Lipinski definition) is 3. The second kappa shape index (κ2) is 9.77. The smallest absolute Gasteiger partial charge is 0.407 e. The molecule has 1 aromatic rings. The number of benzene rings is 1. The van der Waals surface area contributed by atoms with Crippen LogP contribution in [0.15, 0.2) is 30.3 Å². The minimum absolute atomic E-state index is 0.397. The second-order valence-electron chi connectivity index (χ2n) is 8.21. The highest BCUT2D eigenvalue weighted by molar-refractivity contribution is 5.68. The first-order valence-electron chi connectivity index (χ1n) is 9.75. The molecule has 0 aliphatic heterocycles. The summed E-state index contributed by atoms with van der Waals surface area (Å²) in [5.74, 6) is 0.649. The van der Waals surface area contributed by atoms with Crippen LogP contribution in [0.4, 0.5) is 4.79 Å². The molecule has 144 valence electrons. The van der Waals surface area contributed by atoms with Crippen LogP contribution >= 0.6 is 0 Å². The molecule has 2 rings (SSSR count). The quantitative estimate of drug-likeness (QED) is 0.731. The van der Waals surface area contributed by atoms with Gasteiger partial charge < -0.3 is 15.2 Å². The number of carbonyl (C=O) groups is 1. The molecule has 0 aromatic heterocycles. The van der Waals surface area contributed by atoms with Crippen LogP contribution in [0.5, 0.6) is 0 Å². The highest BCUT2D eigenvalue weighted by atomic mass is 16.6. The van der Waals surface area contributed by atoms with E-state index >= 15 is 0 Å². The average molecular weight is 360 g/mol. The topological polar surface area (TPSA) is 58.6 Å². The summed E-state index contributed by atoms with van der Waals surface area (Å²) in [5.41, 5.74) is 1.50. The van der Waals surface area contributed by atoms with Crippen molar-refractivity contribution in [2.45, 2.75) is 71.0 Å². The highest BCUT2D eigenvalue weighted by Gasteiger charge is 2.18. The summed E-state index contributed by atoms with van der Waals surface area (Å²) in [5, 5.41) is 13.3. The first kappa shape index (κ1) is 20.5. The molecular formula is C22H33NO3. The van der Waals surface area contributed by atoms with E-state index in [0.29, 0.717) is 12.5 Å². The molecule has 0 spiro atoms. The van der Waals surface area contributed by atoms with Crippen LogP contribution in [0, 0.1) is 5.92 Å². The van der Waals surface area contributed by atoms with Gasteiger partial charge in [-0.25, -0.2) is 4.79 Å². The van der Waals surface area contributed by atoms with E-state index in [9.17, 15) is 9.90 Å². The molecule has 0 heterocycles. The van der Waals surface area contributed by atoms with Gasteiger partial charge in [0, 0.05) is 6.54 Å². The molecule has 1 aliphatic carbocycles. The summed E-state index contributed by atoms with van der Waals surface area (Å²) < 4.78 is 5.20. The summed E-state index contributed by atoms with van der Waals surface area (Å²) in [4.78, 5) is 11.6. The van der Waals surface area contributed by atoms with E-state index in [1.165, 1.54) is 32.1 Å². The number of hydrogen-bond donors (Lipinski definition) is 2. The van der Waals surface area contributed by atoms with Gasteiger partial charge in [0.05, 0.1) is 6.10 Å². The van der Waals surface area contributed by atoms with E-state index in [0.717, 1.165) is 17.5 Å². The first-order valence-corrected chi connectivity index (χ1v) is 9.75. The van der Waals surface area contributed by atoms with Gasteiger partial charge in [-0.3, -0.25) is 0 Å². The van der Waals surface area contributed by atoms with Crippen LogP contribution < -0.4 is 5.32 Å². The molecular weight excluding hydrogens is 326 g/mol. The van der Waals surface area contributed by atoms with Crippen molar-refractivity contribution >= 4 is 12.2 Å². The van der Waals surface area contributed by atoms with Crippen molar-refractivity contribution < 1.29 is 14.6 Å². The van der Waals surface area contributed by atoms with Gasteiger partial charge in [-0.2, -0.15) is 0 Å². The van der Waals surface area contributed by atoms with Crippen molar-refractivity contribution in [3.63, 3.8) is 0 Å². The maximum atomic E-state index is 11.6. The van der Waals surface area contributed by atoms with E-state index < -0.39 is 17.8 Å². The first-order chi connectivity index (χ1) is 12.3. The van der Waals surface area contributed by atoms with Gasteiger partial charge in [0.25, 0.3) is 0 Å². The lowest BCUT2D eigenvalue weighted by molar-refractivity contribution is 0.0534. The number of ether oxygens (including phenoxy) is 1. The fourth-order valence-electron chi connectivity index (χ4n) is 3.40. The number of carbonyl (C=O) groups excluding carboxylic acids is 1. The number of amides is 1. The fourth-order valence-corrected chi connectivity index (χ4v) is 3.40. The number of alkyl carbamates (subject to hydrolysis) is 1. The molecule has 1 amide bonds. The van der Waals surface area contributed by atoms with E-state index in [1.54, 1.807) is 0 Å². The molecule has 0 bridgehead atoms. The third-order valence-corrected chi connectivity index (χ3v) is 4.65. The normalized spacial score (nSPS) is 17.2. The van der Waals surface area contributed by atoms with Crippen LogP contribution in [0.2, 0.25) is 0 Å². The van der Waals surface area contributed by atoms with Gasteiger partial charge in [0.1, 0.15) is 5.60 Å². The maximum Gasteiger partial charge on any atom is 0.407 e. The Morgan fingerprint density at radius 2 is 2.04 bits per heavy atom. The number of aliphatic hydroxyl groups is 1. The average Bonchev–Trinajstić information content (AvgIpc) is 2.58. The summed E-state index contributed by atoms with van der Waals surface area (Å²) in [7, 11) is 0. The van der Waals surface area contributed by atoms with Gasteiger partial charge in [0.15, 0.2) is 0 Å². The van der Waals surface area contributed by atoms with E-state index in [4.69, 9.17) is 4.74 Å². The predicted molar refractivity (Wildman–Crippen MR) is 106 cm³/mol. The molecule has 0 radical (unpaired) electrons. The third kappa shape index (κ3) is 7.61. The summed E-state index contributed by atoms with van der Waals surface area (Å²) >= 11 is 0. The lowest BCUT2D eigenvalue weighted by atomic mass is 9.84. The highest BCUT2D eigenvalue weighted by Crippen LogP contribution is 2.32. The molecule has 1 unspecified atom stereocenters. The fraction of sp³-hybridized carbons (Fsp3) is 0.591. The van der Waals surface area contributed by atoms with Gasteiger partial charge in [-0.1, -0.05) is 62.5 Å². The van der Waals surface area contributed by atoms with E-state index in [-0.39, 0.29) is 0 Å². The monoisotopic (exact) mass is 359 g/mol. The van der Waals surface area contributed by atoms with E-state index in [2.05, 4.69) is 5.32 Å². The lowest BCUT2D eigenvalue weighted by Gasteiger charge is -2.24. The number of aliphatic hydroxyl groups excluding tert-OH is 1. The van der Waals surface area contributed by atoms with Crippen molar-refractivity contribution in [3.05, 3.63) is 41.5 Å². The molecule has 26 heavy (non-hydrogen) atoms. The van der Waals surface area contributed by atoms with E-state index in [1.807, 2.05) is 57.2 Å². The van der Waals surface area contributed by atoms with Crippen LogP contribution in [0.1, 0.15) is 76.5 Å². The predicted octanol–water partition coefficient (Wildman–Crippen LogP) is 5.23. The summed E-state index contributed by atoms with van der Waals surface area (Å²) in [6.07, 6.45) is 10.3. The maximum absolute atomic E-state index is 11.6.